The summed E-state index contributed by atoms with van der Waals surface area (Å²) in [6.45, 7) is 2.20. The van der Waals surface area contributed by atoms with Gasteiger partial charge in [-0.05, 0) is 37.6 Å². The summed E-state index contributed by atoms with van der Waals surface area (Å²) in [5.74, 6) is 1.77. The molecule has 90 valence electrons. The van der Waals surface area contributed by atoms with E-state index in [9.17, 15) is 0 Å². The first-order valence-electron chi connectivity index (χ1n) is 6.08. The highest BCUT2D eigenvalue weighted by Gasteiger charge is 2.20. The SMILES string of the molecule is Cn1c(C2CCCNC2)nc2cc(Br)ccc21. The monoisotopic (exact) mass is 293 g/mol. The standard InChI is InChI=1S/C13H16BrN3/c1-17-12-5-4-10(14)7-11(12)16-13(17)9-3-2-6-15-8-9/h4-5,7,9,15H,2-3,6,8H2,1H3. The van der Waals surface area contributed by atoms with Crippen molar-refractivity contribution in [2.75, 3.05) is 13.1 Å². The second-order valence-corrected chi connectivity index (χ2v) is 5.62. The Bertz CT molecular complexity index is 541. The molecule has 0 aliphatic carbocycles. The quantitative estimate of drug-likeness (QED) is 0.876. The summed E-state index contributed by atoms with van der Waals surface area (Å²) in [6.07, 6.45) is 2.49. The Kier molecular flexibility index (Phi) is 2.92. The van der Waals surface area contributed by atoms with E-state index in [1.807, 2.05) is 0 Å². The van der Waals surface area contributed by atoms with E-state index >= 15 is 0 Å². The highest BCUT2D eigenvalue weighted by molar-refractivity contribution is 9.10. The third-order valence-corrected chi connectivity index (χ3v) is 4.03. The normalized spacial score (nSPS) is 20.9. The van der Waals surface area contributed by atoms with Gasteiger partial charge in [0.1, 0.15) is 5.82 Å². The van der Waals surface area contributed by atoms with Crippen molar-refractivity contribution in [2.24, 2.45) is 7.05 Å². The molecule has 0 bridgehead atoms. The Morgan fingerprint density at radius 2 is 2.35 bits per heavy atom. The van der Waals surface area contributed by atoms with Crippen molar-refractivity contribution >= 4 is 27.0 Å². The zero-order chi connectivity index (χ0) is 11.8. The maximum Gasteiger partial charge on any atom is 0.114 e. The number of piperidine rings is 1. The van der Waals surface area contributed by atoms with E-state index in [0.29, 0.717) is 5.92 Å². The van der Waals surface area contributed by atoms with Crippen LogP contribution in [0.25, 0.3) is 11.0 Å². The van der Waals surface area contributed by atoms with Crippen LogP contribution in [-0.2, 0) is 7.05 Å². The molecular formula is C13H16BrN3. The largest absolute Gasteiger partial charge is 0.331 e. The molecule has 1 aromatic carbocycles. The predicted octanol–water partition coefficient (Wildman–Crippen LogP) is 2.80. The van der Waals surface area contributed by atoms with Crippen molar-refractivity contribution in [1.29, 1.82) is 0 Å². The van der Waals surface area contributed by atoms with Crippen molar-refractivity contribution in [3.63, 3.8) is 0 Å². The highest BCUT2D eigenvalue weighted by Crippen LogP contribution is 2.27. The molecule has 1 N–H and O–H groups in total. The summed E-state index contributed by atoms with van der Waals surface area (Å²) < 4.78 is 3.33. The van der Waals surface area contributed by atoms with Crippen molar-refractivity contribution in [3.05, 3.63) is 28.5 Å². The summed E-state index contributed by atoms with van der Waals surface area (Å²) in [4.78, 5) is 4.79. The van der Waals surface area contributed by atoms with Gasteiger partial charge in [-0.3, -0.25) is 0 Å². The van der Waals surface area contributed by atoms with Crippen LogP contribution in [0.4, 0.5) is 0 Å². The number of fused-ring (bicyclic) bond motifs is 1. The molecule has 0 saturated carbocycles. The number of halogens is 1. The summed E-state index contributed by atoms with van der Waals surface area (Å²) >= 11 is 3.50. The van der Waals surface area contributed by atoms with Crippen molar-refractivity contribution < 1.29 is 0 Å². The molecule has 17 heavy (non-hydrogen) atoms. The molecule has 3 rings (SSSR count). The average Bonchev–Trinajstić information content (AvgIpc) is 2.67. The van der Waals surface area contributed by atoms with Crippen LogP contribution in [0.5, 0.6) is 0 Å². The van der Waals surface area contributed by atoms with Crippen LogP contribution in [0.3, 0.4) is 0 Å². The topological polar surface area (TPSA) is 29.9 Å². The van der Waals surface area contributed by atoms with Gasteiger partial charge in [-0.1, -0.05) is 15.9 Å². The van der Waals surface area contributed by atoms with Crippen LogP contribution in [0.1, 0.15) is 24.6 Å². The molecule has 0 spiro atoms. The number of nitrogens with one attached hydrogen (secondary N) is 1. The number of imidazole rings is 1. The van der Waals surface area contributed by atoms with Gasteiger partial charge in [-0.2, -0.15) is 0 Å². The fourth-order valence-corrected chi connectivity index (χ4v) is 2.98. The first-order chi connectivity index (χ1) is 8.25. The molecule has 1 saturated heterocycles. The lowest BCUT2D eigenvalue weighted by Gasteiger charge is -2.22. The molecule has 4 heteroatoms. The van der Waals surface area contributed by atoms with Gasteiger partial charge >= 0.3 is 0 Å². The number of rotatable bonds is 1. The van der Waals surface area contributed by atoms with Crippen molar-refractivity contribution in [1.82, 2.24) is 14.9 Å². The van der Waals surface area contributed by atoms with Crippen molar-refractivity contribution in [2.45, 2.75) is 18.8 Å². The van der Waals surface area contributed by atoms with Crippen LogP contribution in [0.2, 0.25) is 0 Å². The Labute approximate surface area is 109 Å². The average molecular weight is 294 g/mol. The fourth-order valence-electron chi connectivity index (χ4n) is 2.63. The van der Waals surface area contributed by atoms with Crippen LogP contribution < -0.4 is 5.32 Å². The summed E-state index contributed by atoms with van der Waals surface area (Å²) in [5.41, 5.74) is 2.30. The molecule has 1 aliphatic heterocycles. The first-order valence-corrected chi connectivity index (χ1v) is 6.87. The molecule has 0 radical (unpaired) electrons. The van der Waals surface area contributed by atoms with Gasteiger partial charge in [-0.25, -0.2) is 4.98 Å². The van der Waals surface area contributed by atoms with Gasteiger partial charge in [0.2, 0.25) is 0 Å². The smallest absolute Gasteiger partial charge is 0.114 e. The lowest BCUT2D eigenvalue weighted by Crippen LogP contribution is -2.29. The minimum absolute atomic E-state index is 0.555. The lowest BCUT2D eigenvalue weighted by atomic mass is 9.99. The maximum absolute atomic E-state index is 4.79. The fraction of sp³-hybridized carbons (Fsp3) is 0.462. The first kappa shape index (κ1) is 11.2. The van der Waals surface area contributed by atoms with E-state index in [-0.39, 0.29) is 0 Å². The van der Waals surface area contributed by atoms with Crippen LogP contribution in [0, 0.1) is 0 Å². The number of benzene rings is 1. The van der Waals surface area contributed by atoms with Gasteiger partial charge in [-0.15, -0.1) is 0 Å². The van der Waals surface area contributed by atoms with Crippen LogP contribution in [-0.4, -0.2) is 22.6 Å². The van der Waals surface area contributed by atoms with Gasteiger partial charge in [0, 0.05) is 24.0 Å². The number of hydrogen-bond acceptors (Lipinski definition) is 2. The van der Waals surface area contributed by atoms with E-state index in [1.54, 1.807) is 0 Å². The molecule has 3 nitrogen and oxygen atoms in total. The molecule has 1 atom stereocenters. The molecule has 1 aliphatic rings. The summed E-state index contributed by atoms with van der Waals surface area (Å²) in [6, 6.07) is 6.30. The highest BCUT2D eigenvalue weighted by atomic mass is 79.9. The Hall–Kier alpha value is -0.870. The predicted molar refractivity (Wildman–Crippen MR) is 73.3 cm³/mol. The van der Waals surface area contributed by atoms with Gasteiger partial charge in [0.05, 0.1) is 11.0 Å². The lowest BCUT2D eigenvalue weighted by molar-refractivity contribution is 0.440. The van der Waals surface area contributed by atoms with Crippen LogP contribution in [0.15, 0.2) is 22.7 Å². The van der Waals surface area contributed by atoms with E-state index in [2.05, 4.69) is 51.1 Å². The maximum atomic E-state index is 4.79. The zero-order valence-corrected chi connectivity index (χ0v) is 11.5. The number of nitrogens with zero attached hydrogens (tertiary/aromatic N) is 2. The Morgan fingerprint density at radius 1 is 1.47 bits per heavy atom. The molecule has 0 amide bonds. The minimum atomic E-state index is 0.555. The molecule has 1 aromatic heterocycles. The summed E-state index contributed by atoms with van der Waals surface area (Å²) in [7, 11) is 2.12. The third-order valence-electron chi connectivity index (χ3n) is 3.54. The number of aromatic nitrogens is 2. The number of aryl methyl sites for hydroxylation is 1. The summed E-state index contributed by atoms with van der Waals surface area (Å²) in [5, 5.41) is 3.45. The van der Waals surface area contributed by atoms with Gasteiger partial charge in [0.25, 0.3) is 0 Å². The van der Waals surface area contributed by atoms with E-state index in [1.165, 1.54) is 24.2 Å². The van der Waals surface area contributed by atoms with Crippen LogP contribution >= 0.6 is 15.9 Å². The second kappa shape index (κ2) is 4.42. The number of hydrogen-bond donors (Lipinski definition) is 1. The molecule has 1 fully saturated rings. The van der Waals surface area contributed by atoms with E-state index < -0.39 is 0 Å². The minimum Gasteiger partial charge on any atom is -0.331 e. The van der Waals surface area contributed by atoms with E-state index in [4.69, 9.17) is 4.98 Å². The molecule has 1 unspecified atom stereocenters. The van der Waals surface area contributed by atoms with Gasteiger partial charge in [0.15, 0.2) is 0 Å². The molecular weight excluding hydrogens is 278 g/mol. The third kappa shape index (κ3) is 2.00. The molecule has 2 aromatic rings. The Balaban J connectivity index is 2.07. The van der Waals surface area contributed by atoms with E-state index in [0.717, 1.165) is 23.1 Å². The molecule has 2 heterocycles. The zero-order valence-electron chi connectivity index (χ0n) is 9.91. The van der Waals surface area contributed by atoms with Crippen molar-refractivity contribution in [3.8, 4) is 0 Å². The second-order valence-electron chi connectivity index (χ2n) is 4.71. The van der Waals surface area contributed by atoms with Gasteiger partial charge < -0.3 is 9.88 Å². The Morgan fingerprint density at radius 3 is 3.12 bits per heavy atom.